The first-order valence-corrected chi connectivity index (χ1v) is 9.07. The molecule has 0 bridgehead atoms. The maximum Gasteiger partial charge on any atom is 0.246 e. The van der Waals surface area contributed by atoms with Gasteiger partial charge in [-0.3, -0.25) is 9.78 Å². The second kappa shape index (κ2) is 8.49. The van der Waals surface area contributed by atoms with E-state index >= 15 is 0 Å². The Balaban J connectivity index is 1.54. The van der Waals surface area contributed by atoms with E-state index in [0.29, 0.717) is 24.1 Å². The number of rotatable bonds is 6. The molecule has 2 heterocycles. The van der Waals surface area contributed by atoms with Gasteiger partial charge in [0.25, 0.3) is 0 Å². The fraction of sp³-hybridized carbons (Fsp3) is 0.150. The minimum absolute atomic E-state index is 0.210. The van der Waals surface area contributed by atoms with Gasteiger partial charge in [-0.25, -0.2) is 9.37 Å². The molecule has 6 heteroatoms. The number of nitrogens with one attached hydrogen (secondary N) is 1. The number of carbonyl (C=O) groups is 1. The number of amides is 1. The normalized spacial score (nSPS) is 11.4. The second-order valence-corrected chi connectivity index (χ2v) is 6.59. The highest BCUT2D eigenvalue weighted by Gasteiger charge is 2.08. The van der Waals surface area contributed by atoms with Crippen LogP contribution in [0.1, 0.15) is 18.2 Å². The third-order valence-corrected chi connectivity index (χ3v) is 4.72. The maximum absolute atomic E-state index is 13.6. The van der Waals surface area contributed by atoms with E-state index in [1.807, 2.05) is 17.5 Å². The lowest BCUT2D eigenvalue weighted by Gasteiger charge is -2.05. The molecule has 0 unspecified atom stereocenters. The summed E-state index contributed by atoms with van der Waals surface area (Å²) in [6.45, 7) is 2.15. The van der Waals surface area contributed by atoms with Crippen LogP contribution < -0.4 is 5.32 Å². The molecule has 0 spiro atoms. The van der Waals surface area contributed by atoms with E-state index in [1.165, 1.54) is 6.07 Å². The average Bonchev–Trinajstić information content (AvgIpc) is 3.13. The molecule has 132 valence electrons. The number of carbonyl (C=O) groups excluding carboxylic acids is 1. The van der Waals surface area contributed by atoms with Crippen molar-refractivity contribution in [2.75, 3.05) is 6.54 Å². The van der Waals surface area contributed by atoms with Crippen LogP contribution in [0.25, 0.3) is 16.6 Å². The summed E-state index contributed by atoms with van der Waals surface area (Å²) in [5.74, 6) is -0.552. The van der Waals surface area contributed by atoms with Crippen LogP contribution in [0.5, 0.6) is 0 Å². The Labute approximate surface area is 155 Å². The van der Waals surface area contributed by atoms with Crippen LogP contribution >= 0.6 is 11.3 Å². The number of pyridine rings is 1. The molecular weight excluding hydrogens is 349 g/mol. The van der Waals surface area contributed by atoms with Gasteiger partial charge in [0.1, 0.15) is 10.8 Å². The van der Waals surface area contributed by atoms with Gasteiger partial charge in [-0.15, -0.1) is 11.3 Å². The predicted molar refractivity (Wildman–Crippen MR) is 102 cm³/mol. The monoisotopic (exact) mass is 367 g/mol. The van der Waals surface area contributed by atoms with Gasteiger partial charge in [-0.2, -0.15) is 0 Å². The van der Waals surface area contributed by atoms with Gasteiger partial charge in [0, 0.05) is 47.4 Å². The predicted octanol–water partition coefficient (Wildman–Crippen LogP) is 4.11. The zero-order chi connectivity index (χ0) is 18.4. The first kappa shape index (κ1) is 17.9. The van der Waals surface area contributed by atoms with Crippen molar-refractivity contribution in [3.63, 3.8) is 0 Å². The Morgan fingerprint density at radius 3 is 2.77 bits per heavy atom. The molecule has 26 heavy (non-hydrogen) atoms. The van der Waals surface area contributed by atoms with Gasteiger partial charge >= 0.3 is 0 Å². The number of hydrogen-bond donors (Lipinski definition) is 1. The Morgan fingerprint density at radius 2 is 2.00 bits per heavy atom. The van der Waals surface area contributed by atoms with Crippen molar-refractivity contribution in [3.05, 3.63) is 76.8 Å². The number of nitrogens with zero attached hydrogens (tertiary/aromatic N) is 2. The summed E-state index contributed by atoms with van der Waals surface area (Å²) in [6, 6.07) is 10.2. The third-order valence-electron chi connectivity index (χ3n) is 3.78. The lowest BCUT2D eigenvalue weighted by atomic mass is 10.1. The lowest BCUT2D eigenvalue weighted by molar-refractivity contribution is -0.117. The molecule has 3 rings (SSSR count). The van der Waals surface area contributed by atoms with Crippen LogP contribution in [0.2, 0.25) is 0 Å². The molecule has 0 fully saturated rings. The van der Waals surface area contributed by atoms with Gasteiger partial charge in [-0.1, -0.05) is 18.2 Å². The fourth-order valence-corrected chi connectivity index (χ4v) is 3.24. The van der Waals surface area contributed by atoms with E-state index in [9.17, 15) is 9.18 Å². The molecule has 0 radical (unpaired) electrons. The highest BCUT2D eigenvalue weighted by molar-refractivity contribution is 7.13. The molecule has 3 aromatic rings. The van der Waals surface area contributed by atoms with E-state index in [1.54, 1.807) is 54.9 Å². The SMILES string of the molecule is C/C(=C\c1ccccc1F)C(=O)NCCc1csc(-c2ccncc2)n1. The number of thiazole rings is 1. The van der Waals surface area contributed by atoms with Crippen LogP contribution in [0.3, 0.4) is 0 Å². The molecule has 2 aromatic heterocycles. The summed E-state index contributed by atoms with van der Waals surface area (Å²) < 4.78 is 13.6. The Kier molecular flexibility index (Phi) is 5.86. The smallest absolute Gasteiger partial charge is 0.246 e. The zero-order valence-corrected chi connectivity index (χ0v) is 15.1. The average molecular weight is 367 g/mol. The molecule has 1 amide bonds. The van der Waals surface area contributed by atoms with Crippen molar-refractivity contribution in [1.29, 1.82) is 0 Å². The molecule has 0 aliphatic heterocycles. The van der Waals surface area contributed by atoms with E-state index in [-0.39, 0.29) is 11.7 Å². The number of aromatic nitrogens is 2. The van der Waals surface area contributed by atoms with Crippen molar-refractivity contribution in [3.8, 4) is 10.6 Å². The van der Waals surface area contributed by atoms with E-state index in [2.05, 4.69) is 15.3 Å². The van der Waals surface area contributed by atoms with Crippen LogP contribution in [0.4, 0.5) is 4.39 Å². The quantitative estimate of drug-likeness (QED) is 0.667. The van der Waals surface area contributed by atoms with Gasteiger partial charge in [0.2, 0.25) is 5.91 Å². The standard InChI is InChI=1S/C20H18FN3OS/c1-14(12-16-4-2-3-5-18(16)21)19(25)23-11-8-17-13-26-20(24-17)15-6-9-22-10-7-15/h2-7,9-10,12-13H,8,11H2,1H3,(H,23,25)/b14-12+. The summed E-state index contributed by atoms with van der Waals surface area (Å²) in [4.78, 5) is 20.7. The largest absolute Gasteiger partial charge is 0.352 e. The molecule has 0 aliphatic rings. The Morgan fingerprint density at radius 1 is 1.23 bits per heavy atom. The van der Waals surface area contributed by atoms with Gasteiger partial charge in [0.05, 0.1) is 5.69 Å². The number of hydrogen-bond acceptors (Lipinski definition) is 4. The van der Waals surface area contributed by atoms with E-state index < -0.39 is 0 Å². The van der Waals surface area contributed by atoms with Crippen molar-refractivity contribution >= 4 is 23.3 Å². The lowest BCUT2D eigenvalue weighted by Crippen LogP contribution is -2.26. The van der Waals surface area contributed by atoms with Crippen LogP contribution in [0.15, 0.2) is 59.7 Å². The molecule has 1 aromatic carbocycles. The zero-order valence-electron chi connectivity index (χ0n) is 14.3. The molecule has 1 N–H and O–H groups in total. The number of halogens is 1. The van der Waals surface area contributed by atoms with E-state index in [4.69, 9.17) is 0 Å². The topological polar surface area (TPSA) is 54.9 Å². The van der Waals surface area contributed by atoms with Gasteiger partial charge < -0.3 is 5.32 Å². The summed E-state index contributed by atoms with van der Waals surface area (Å²) in [5, 5.41) is 5.77. The highest BCUT2D eigenvalue weighted by Crippen LogP contribution is 2.22. The Bertz CT molecular complexity index is 922. The molecule has 0 aliphatic carbocycles. The molecule has 4 nitrogen and oxygen atoms in total. The van der Waals surface area contributed by atoms with Crippen LogP contribution in [0, 0.1) is 5.82 Å². The van der Waals surface area contributed by atoms with Gasteiger partial charge in [0.15, 0.2) is 0 Å². The van der Waals surface area contributed by atoms with Crippen molar-refractivity contribution < 1.29 is 9.18 Å². The van der Waals surface area contributed by atoms with Crippen LogP contribution in [-0.4, -0.2) is 22.4 Å². The minimum atomic E-state index is -0.342. The summed E-state index contributed by atoms with van der Waals surface area (Å²) >= 11 is 1.57. The fourth-order valence-electron chi connectivity index (χ4n) is 2.38. The first-order chi connectivity index (χ1) is 12.6. The molecular formula is C20H18FN3OS. The summed E-state index contributed by atoms with van der Waals surface area (Å²) in [5.41, 5.74) is 2.83. The minimum Gasteiger partial charge on any atom is -0.352 e. The summed E-state index contributed by atoms with van der Waals surface area (Å²) in [7, 11) is 0. The third kappa shape index (κ3) is 4.61. The second-order valence-electron chi connectivity index (χ2n) is 5.73. The molecule has 0 atom stereocenters. The first-order valence-electron chi connectivity index (χ1n) is 8.19. The molecule has 0 saturated heterocycles. The van der Waals surface area contributed by atoms with E-state index in [0.717, 1.165) is 16.3 Å². The van der Waals surface area contributed by atoms with Gasteiger partial charge in [-0.05, 0) is 31.2 Å². The Hall–Kier alpha value is -2.86. The maximum atomic E-state index is 13.6. The highest BCUT2D eigenvalue weighted by atomic mass is 32.1. The van der Waals surface area contributed by atoms with Crippen LogP contribution in [-0.2, 0) is 11.2 Å². The van der Waals surface area contributed by atoms with Crippen molar-refractivity contribution in [2.45, 2.75) is 13.3 Å². The number of benzene rings is 1. The van der Waals surface area contributed by atoms with Crippen molar-refractivity contribution in [1.82, 2.24) is 15.3 Å². The summed E-state index contributed by atoms with van der Waals surface area (Å²) in [6.07, 6.45) is 5.66. The van der Waals surface area contributed by atoms with Crippen molar-refractivity contribution in [2.24, 2.45) is 0 Å². The molecule has 0 saturated carbocycles.